The minimum atomic E-state index is -1.37. The quantitative estimate of drug-likeness (QED) is 0.188. The van der Waals surface area contributed by atoms with E-state index in [2.05, 4.69) is 10.3 Å². The Hall–Kier alpha value is -4.23. The lowest BCUT2D eigenvalue weighted by Crippen LogP contribution is -2.46. The molecule has 0 radical (unpaired) electrons. The molecule has 1 aliphatic rings. The van der Waals surface area contributed by atoms with Crippen molar-refractivity contribution >= 4 is 23.8 Å². The van der Waals surface area contributed by atoms with Crippen LogP contribution in [0.3, 0.4) is 0 Å². The second-order valence-corrected chi connectivity index (χ2v) is 10.5. The van der Waals surface area contributed by atoms with Crippen LogP contribution in [0, 0.1) is 11.8 Å². The summed E-state index contributed by atoms with van der Waals surface area (Å²) < 4.78 is 38.1. The molecular formula is C31H40N2O11. The van der Waals surface area contributed by atoms with Gasteiger partial charge in [0.05, 0.1) is 26.1 Å². The van der Waals surface area contributed by atoms with E-state index in [0.717, 1.165) is 5.56 Å². The fourth-order valence-corrected chi connectivity index (χ4v) is 4.39. The third kappa shape index (κ3) is 9.91. The number of rotatable bonds is 14. The van der Waals surface area contributed by atoms with Gasteiger partial charge in [0.25, 0.3) is 5.91 Å². The molecule has 1 saturated heterocycles. The number of nitrogens with zero attached hydrogens (tertiary/aromatic N) is 1. The largest absolute Gasteiger partial charge is 0.493 e. The van der Waals surface area contributed by atoms with Crippen molar-refractivity contribution < 1.29 is 52.3 Å². The molecule has 13 nitrogen and oxygen atoms in total. The number of pyridine rings is 1. The summed E-state index contributed by atoms with van der Waals surface area (Å²) in [6.45, 7) is 5.05. The van der Waals surface area contributed by atoms with Crippen LogP contribution in [0.5, 0.6) is 11.5 Å². The van der Waals surface area contributed by atoms with E-state index in [-0.39, 0.29) is 36.1 Å². The number of ether oxygens (including phenoxy) is 7. The molecule has 0 spiro atoms. The van der Waals surface area contributed by atoms with Crippen molar-refractivity contribution in [3.05, 3.63) is 53.9 Å². The molecule has 1 aromatic heterocycles. The van der Waals surface area contributed by atoms with Crippen molar-refractivity contribution in [3.8, 4) is 11.5 Å². The summed E-state index contributed by atoms with van der Waals surface area (Å²) in [6, 6.07) is 9.46. The number of hydrogen-bond acceptors (Lipinski definition) is 12. The zero-order valence-corrected chi connectivity index (χ0v) is 25.6. The first-order valence-corrected chi connectivity index (χ1v) is 14.3. The van der Waals surface area contributed by atoms with Crippen molar-refractivity contribution in [1.29, 1.82) is 0 Å². The lowest BCUT2D eigenvalue weighted by Gasteiger charge is -2.30. The number of nitrogens with one attached hydrogen (secondary N) is 1. The van der Waals surface area contributed by atoms with Crippen LogP contribution < -0.4 is 14.8 Å². The average Bonchev–Trinajstić information content (AvgIpc) is 3.04. The predicted molar refractivity (Wildman–Crippen MR) is 155 cm³/mol. The van der Waals surface area contributed by atoms with E-state index in [9.17, 15) is 19.2 Å². The van der Waals surface area contributed by atoms with Crippen molar-refractivity contribution in [1.82, 2.24) is 10.3 Å². The zero-order valence-electron chi connectivity index (χ0n) is 25.6. The number of hydrogen-bond donors (Lipinski definition) is 1. The molecule has 1 aromatic carbocycles. The maximum absolute atomic E-state index is 13.4. The number of esters is 3. The Kier molecular flexibility index (Phi) is 13.4. The molecule has 44 heavy (non-hydrogen) atoms. The number of cyclic esters (lactones) is 2. The van der Waals surface area contributed by atoms with Gasteiger partial charge in [0, 0.05) is 26.0 Å². The number of carbonyl (C=O) groups excluding carboxylic acids is 4. The Morgan fingerprint density at radius 2 is 1.84 bits per heavy atom. The Morgan fingerprint density at radius 1 is 1.09 bits per heavy atom. The molecule has 0 saturated carbocycles. The van der Waals surface area contributed by atoms with Gasteiger partial charge < -0.3 is 38.5 Å². The Labute approximate surface area is 256 Å². The van der Waals surface area contributed by atoms with E-state index in [4.69, 9.17) is 33.2 Å². The monoisotopic (exact) mass is 616 g/mol. The van der Waals surface area contributed by atoms with E-state index in [0.29, 0.717) is 13.0 Å². The fourth-order valence-electron chi connectivity index (χ4n) is 4.39. The summed E-state index contributed by atoms with van der Waals surface area (Å²) in [4.78, 5) is 56.0. The molecule has 0 unspecified atom stereocenters. The van der Waals surface area contributed by atoms with Gasteiger partial charge in [-0.05, 0) is 24.8 Å². The first kappa shape index (κ1) is 34.3. The van der Waals surface area contributed by atoms with Crippen LogP contribution in [0.2, 0.25) is 0 Å². The van der Waals surface area contributed by atoms with Crippen molar-refractivity contribution in [2.24, 2.45) is 11.8 Å². The SMILES string of the molecule is COCCC(=O)OCOc1c(OC)ccnc1C(=O)N[C@H]1COC(=O)[C@H](Cc2ccccc2)[C@@H](OCC(C)C)[C@H](C)OC1=O. The van der Waals surface area contributed by atoms with Crippen LogP contribution in [-0.2, 0) is 44.5 Å². The first-order chi connectivity index (χ1) is 21.1. The lowest BCUT2D eigenvalue weighted by atomic mass is 9.91. The van der Waals surface area contributed by atoms with Gasteiger partial charge in [0.2, 0.25) is 6.79 Å². The van der Waals surface area contributed by atoms with Crippen LogP contribution in [0.25, 0.3) is 0 Å². The molecule has 1 amide bonds. The third-order valence-corrected chi connectivity index (χ3v) is 6.60. The van der Waals surface area contributed by atoms with Crippen LogP contribution in [-0.4, -0.2) is 87.9 Å². The molecule has 2 aromatic rings. The van der Waals surface area contributed by atoms with E-state index in [1.165, 1.54) is 26.5 Å². The highest BCUT2D eigenvalue weighted by Gasteiger charge is 2.40. The first-order valence-electron chi connectivity index (χ1n) is 14.3. The van der Waals surface area contributed by atoms with Crippen LogP contribution in [0.4, 0.5) is 0 Å². The molecule has 4 atom stereocenters. The zero-order chi connectivity index (χ0) is 32.1. The van der Waals surface area contributed by atoms with Crippen LogP contribution in [0.1, 0.15) is 43.2 Å². The molecule has 0 bridgehead atoms. The minimum absolute atomic E-state index is 0.00782. The number of aromatic nitrogens is 1. The molecule has 1 N–H and O–H groups in total. The number of amides is 1. The Morgan fingerprint density at radius 3 is 2.52 bits per heavy atom. The van der Waals surface area contributed by atoms with Gasteiger partial charge in [-0.15, -0.1) is 0 Å². The highest BCUT2D eigenvalue weighted by molar-refractivity contribution is 5.98. The van der Waals surface area contributed by atoms with Crippen molar-refractivity contribution in [2.45, 2.75) is 51.9 Å². The minimum Gasteiger partial charge on any atom is -0.493 e. The number of carbonyl (C=O) groups is 4. The summed E-state index contributed by atoms with van der Waals surface area (Å²) in [7, 11) is 2.81. The molecule has 2 heterocycles. The molecule has 240 valence electrons. The maximum Gasteiger partial charge on any atom is 0.332 e. The average molecular weight is 617 g/mol. The number of methoxy groups -OCH3 is 2. The normalized spacial score (nSPS) is 20.4. The van der Waals surface area contributed by atoms with Gasteiger partial charge in [0.1, 0.15) is 18.8 Å². The van der Waals surface area contributed by atoms with Crippen molar-refractivity contribution in [2.75, 3.05) is 40.8 Å². The molecule has 13 heteroatoms. The molecule has 1 fully saturated rings. The van der Waals surface area contributed by atoms with Gasteiger partial charge in [-0.3, -0.25) is 14.4 Å². The molecule has 3 rings (SSSR count). The summed E-state index contributed by atoms with van der Waals surface area (Å²) >= 11 is 0. The Bertz CT molecular complexity index is 1250. The van der Waals surface area contributed by atoms with Gasteiger partial charge in [0.15, 0.2) is 23.2 Å². The summed E-state index contributed by atoms with van der Waals surface area (Å²) in [6.07, 6.45) is -0.0314. The van der Waals surface area contributed by atoms with Gasteiger partial charge >= 0.3 is 17.9 Å². The topological polar surface area (TPSA) is 158 Å². The summed E-state index contributed by atoms with van der Waals surface area (Å²) in [5.41, 5.74) is 0.626. The van der Waals surface area contributed by atoms with Gasteiger partial charge in [-0.25, -0.2) is 9.78 Å². The van der Waals surface area contributed by atoms with E-state index >= 15 is 0 Å². The Balaban J connectivity index is 1.80. The lowest BCUT2D eigenvalue weighted by molar-refractivity contribution is -0.165. The third-order valence-electron chi connectivity index (χ3n) is 6.60. The molecule has 1 aliphatic heterocycles. The molecule has 0 aliphatic carbocycles. The van der Waals surface area contributed by atoms with Crippen LogP contribution >= 0.6 is 0 Å². The standard InChI is InChI=1S/C31H40N2O11/c1-19(2)16-40-27-20(3)44-31(37)23(17-41-30(36)22(27)15-21-9-7-6-8-10-21)33-29(35)26-28(24(39-5)11-13-32-26)43-18-42-25(34)12-14-38-4/h6-11,13,19-20,22-23,27H,12,14-18H2,1-5H3,(H,33,35)/t20-,22+,23-,27-/m0/s1. The fraction of sp³-hybridized carbons (Fsp3) is 0.516. The predicted octanol–water partition coefficient (Wildman–Crippen LogP) is 2.49. The maximum atomic E-state index is 13.4. The molecular weight excluding hydrogens is 576 g/mol. The summed E-state index contributed by atoms with van der Waals surface area (Å²) in [5, 5.41) is 2.52. The van der Waals surface area contributed by atoms with E-state index < -0.39 is 61.4 Å². The van der Waals surface area contributed by atoms with Gasteiger partial charge in [-0.1, -0.05) is 44.2 Å². The van der Waals surface area contributed by atoms with Crippen molar-refractivity contribution in [3.63, 3.8) is 0 Å². The highest BCUT2D eigenvalue weighted by Crippen LogP contribution is 2.30. The smallest absolute Gasteiger partial charge is 0.332 e. The van der Waals surface area contributed by atoms with Gasteiger partial charge in [-0.2, -0.15) is 0 Å². The highest BCUT2D eigenvalue weighted by atomic mass is 16.7. The summed E-state index contributed by atoms with van der Waals surface area (Å²) in [5.74, 6) is -3.45. The van der Waals surface area contributed by atoms with E-state index in [1.807, 2.05) is 44.2 Å². The van der Waals surface area contributed by atoms with Crippen LogP contribution in [0.15, 0.2) is 42.6 Å². The number of benzene rings is 1. The van der Waals surface area contributed by atoms with E-state index in [1.54, 1.807) is 6.92 Å². The second-order valence-electron chi connectivity index (χ2n) is 10.5. The second kappa shape index (κ2) is 17.2.